The zero-order valence-electron chi connectivity index (χ0n) is 10.7. The first-order valence-corrected chi connectivity index (χ1v) is 6.20. The Labute approximate surface area is 120 Å². The zero-order chi connectivity index (χ0) is 14.7. The summed E-state index contributed by atoms with van der Waals surface area (Å²) in [6.45, 7) is 0.465. The molecule has 1 N–H and O–H groups in total. The molecule has 0 bridgehead atoms. The van der Waals surface area contributed by atoms with E-state index in [4.69, 9.17) is 16.7 Å². The van der Waals surface area contributed by atoms with E-state index in [0.29, 0.717) is 12.4 Å². The lowest BCUT2D eigenvalue weighted by molar-refractivity contribution is 0.0697. The van der Waals surface area contributed by atoms with Crippen LogP contribution in [0.25, 0.3) is 0 Å². The number of carboxylic acid groups (broad SMARTS) is 1. The van der Waals surface area contributed by atoms with E-state index < -0.39 is 5.97 Å². The predicted molar refractivity (Wildman–Crippen MR) is 74.7 cm³/mol. The second-order valence-electron chi connectivity index (χ2n) is 4.32. The van der Waals surface area contributed by atoms with Gasteiger partial charge in [-0.2, -0.15) is 0 Å². The predicted octanol–water partition coefficient (Wildman–Crippen LogP) is 3.21. The van der Waals surface area contributed by atoms with Crippen molar-refractivity contribution in [3.63, 3.8) is 0 Å². The molecule has 1 heterocycles. The first kappa shape index (κ1) is 14.3. The van der Waals surface area contributed by atoms with Crippen LogP contribution in [0.2, 0.25) is 5.15 Å². The molecule has 0 fully saturated rings. The van der Waals surface area contributed by atoms with Gasteiger partial charge in [-0.05, 0) is 29.8 Å². The highest BCUT2D eigenvalue weighted by Gasteiger charge is 2.11. The third-order valence-electron chi connectivity index (χ3n) is 2.75. The monoisotopic (exact) mass is 294 g/mol. The number of pyridine rings is 1. The molecule has 0 saturated heterocycles. The lowest BCUT2D eigenvalue weighted by atomic mass is 10.2. The van der Waals surface area contributed by atoms with Crippen LogP contribution in [0, 0.1) is 5.82 Å². The lowest BCUT2D eigenvalue weighted by Gasteiger charge is -2.18. The maximum Gasteiger partial charge on any atom is 0.335 e. The molecule has 6 heteroatoms. The number of hydrogen-bond acceptors (Lipinski definition) is 3. The highest BCUT2D eigenvalue weighted by atomic mass is 35.5. The number of benzene rings is 1. The van der Waals surface area contributed by atoms with Gasteiger partial charge in [-0.25, -0.2) is 14.2 Å². The average molecular weight is 295 g/mol. The van der Waals surface area contributed by atoms with Crippen LogP contribution in [0.4, 0.5) is 10.2 Å². The Kier molecular flexibility index (Phi) is 4.20. The average Bonchev–Trinajstić information content (AvgIpc) is 2.40. The Hall–Kier alpha value is -2.14. The number of hydrogen-bond donors (Lipinski definition) is 1. The molecule has 1 aromatic carbocycles. The lowest BCUT2D eigenvalue weighted by Crippen LogP contribution is -2.18. The second kappa shape index (κ2) is 5.88. The van der Waals surface area contributed by atoms with E-state index in [-0.39, 0.29) is 16.5 Å². The summed E-state index contributed by atoms with van der Waals surface area (Å²) in [5.41, 5.74) is 0.957. The highest BCUT2D eigenvalue weighted by molar-refractivity contribution is 6.29. The van der Waals surface area contributed by atoms with Crippen molar-refractivity contribution < 1.29 is 14.3 Å². The summed E-state index contributed by atoms with van der Waals surface area (Å²) >= 11 is 5.81. The van der Waals surface area contributed by atoms with E-state index >= 15 is 0 Å². The van der Waals surface area contributed by atoms with E-state index in [2.05, 4.69) is 4.98 Å². The Morgan fingerprint density at radius 2 is 2.00 bits per heavy atom. The van der Waals surface area contributed by atoms with Gasteiger partial charge in [0.05, 0.1) is 5.56 Å². The standard InChI is InChI=1S/C14H12ClFN2O2/c1-18(8-9-2-4-11(16)5-3-9)13-7-10(14(19)20)6-12(15)17-13/h2-7H,8H2,1H3,(H,19,20). The smallest absolute Gasteiger partial charge is 0.335 e. The molecular weight excluding hydrogens is 283 g/mol. The van der Waals surface area contributed by atoms with Crippen LogP contribution in [-0.2, 0) is 6.54 Å². The van der Waals surface area contributed by atoms with Gasteiger partial charge in [-0.3, -0.25) is 0 Å². The van der Waals surface area contributed by atoms with Gasteiger partial charge in [0, 0.05) is 13.6 Å². The number of aromatic nitrogens is 1. The summed E-state index contributed by atoms with van der Waals surface area (Å²) in [5.74, 6) is -0.921. The maximum atomic E-state index is 12.8. The zero-order valence-corrected chi connectivity index (χ0v) is 11.4. The number of anilines is 1. The minimum atomic E-state index is -1.06. The van der Waals surface area contributed by atoms with Gasteiger partial charge in [0.1, 0.15) is 16.8 Å². The van der Waals surface area contributed by atoms with E-state index in [1.165, 1.54) is 24.3 Å². The molecule has 0 aliphatic rings. The van der Waals surface area contributed by atoms with Gasteiger partial charge in [0.2, 0.25) is 0 Å². The van der Waals surface area contributed by atoms with Crippen molar-refractivity contribution in [1.29, 1.82) is 0 Å². The van der Waals surface area contributed by atoms with E-state index in [0.717, 1.165) is 5.56 Å². The first-order valence-electron chi connectivity index (χ1n) is 5.82. The van der Waals surface area contributed by atoms with Crippen molar-refractivity contribution in [1.82, 2.24) is 4.98 Å². The molecule has 0 unspecified atom stereocenters. The summed E-state index contributed by atoms with van der Waals surface area (Å²) in [4.78, 5) is 16.8. The largest absolute Gasteiger partial charge is 0.478 e. The molecule has 2 aromatic rings. The molecule has 0 atom stereocenters. The van der Waals surface area contributed by atoms with Gasteiger partial charge >= 0.3 is 5.97 Å². The normalized spacial score (nSPS) is 10.3. The number of rotatable bonds is 4. The molecule has 0 aliphatic heterocycles. The SMILES string of the molecule is CN(Cc1ccc(F)cc1)c1cc(C(=O)O)cc(Cl)n1. The summed E-state index contributed by atoms with van der Waals surface area (Å²) in [6, 6.07) is 8.80. The van der Waals surface area contributed by atoms with Gasteiger partial charge in [-0.15, -0.1) is 0 Å². The number of halogens is 2. The molecule has 0 spiro atoms. The minimum absolute atomic E-state index is 0.0750. The molecule has 20 heavy (non-hydrogen) atoms. The Bertz CT molecular complexity index is 632. The van der Waals surface area contributed by atoms with Crippen LogP contribution in [0.15, 0.2) is 36.4 Å². The van der Waals surface area contributed by atoms with Crippen LogP contribution < -0.4 is 4.90 Å². The van der Waals surface area contributed by atoms with Crippen LogP contribution >= 0.6 is 11.6 Å². The third-order valence-corrected chi connectivity index (χ3v) is 2.95. The maximum absolute atomic E-state index is 12.8. The van der Waals surface area contributed by atoms with E-state index in [1.807, 2.05) is 0 Å². The Morgan fingerprint density at radius 1 is 1.35 bits per heavy atom. The highest BCUT2D eigenvalue weighted by Crippen LogP contribution is 2.19. The van der Waals surface area contributed by atoms with Crippen LogP contribution in [-0.4, -0.2) is 23.1 Å². The first-order chi connectivity index (χ1) is 9.45. The summed E-state index contributed by atoms with van der Waals surface area (Å²) < 4.78 is 12.8. The second-order valence-corrected chi connectivity index (χ2v) is 4.71. The molecule has 0 aliphatic carbocycles. The fourth-order valence-electron chi connectivity index (χ4n) is 1.75. The number of aromatic carboxylic acids is 1. The van der Waals surface area contributed by atoms with Crippen molar-refractivity contribution >= 4 is 23.4 Å². The summed E-state index contributed by atoms with van der Waals surface area (Å²) in [5, 5.41) is 9.11. The van der Waals surface area contributed by atoms with Crippen LogP contribution in [0.1, 0.15) is 15.9 Å². The van der Waals surface area contributed by atoms with Crippen molar-refractivity contribution in [3.05, 3.63) is 58.5 Å². The molecule has 0 saturated carbocycles. The van der Waals surface area contributed by atoms with Crippen molar-refractivity contribution in [3.8, 4) is 0 Å². The van der Waals surface area contributed by atoms with Gasteiger partial charge in [0.15, 0.2) is 0 Å². The molecule has 4 nitrogen and oxygen atoms in total. The van der Waals surface area contributed by atoms with Crippen molar-refractivity contribution in [2.75, 3.05) is 11.9 Å². The minimum Gasteiger partial charge on any atom is -0.478 e. The number of nitrogens with zero attached hydrogens (tertiary/aromatic N) is 2. The van der Waals surface area contributed by atoms with Crippen LogP contribution in [0.5, 0.6) is 0 Å². The number of carbonyl (C=O) groups is 1. The molecular formula is C14H12ClFN2O2. The fraction of sp³-hybridized carbons (Fsp3) is 0.143. The van der Waals surface area contributed by atoms with Crippen molar-refractivity contribution in [2.45, 2.75) is 6.54 Å². The fourth-order valence-corrected chi connectivity index (χ4v) is 1.95. The van der Waals surface area contributed by atoms with Gasteiger partial charge in [-0.1, -0.05) is 23.7 Å². The quantitative estimate of drug-likeness (QED) is 0.880. The van der Waals surface area contributed by atoms with E-state index in [9.17, 15) is 9.18 Å². The Balaban J connectivity index is 2.22. The Morgan fingerprint density at radius 3 is 2.60 bits per heavy atom. The van der Waals surface area contributed by atoms with Gasteiger partial charge in [0.25, 0.3) is 0 Å². The molecule has 1 aromatic heterocycles. The topological polar surface area (TPSA) is 53.4 Å². The van der Waals surface area contributed by atoms with Crippen LogP contribution in [0.3, 0.4) is 0 Å². The third kappa shape index (κ3) is 3.45. The number of carboxylic acids is 1. The molecule has 0 radical (unpaired) electrons. The van der Waals surface area contributed by atoms with Crippen molar-refractivity contribution in [2.24, 2.45) is 0 Å². The summed E-state index contributed by atoms with van der Waals surface area (Å²) in [6.07, 6.45) is 0. The van der Waals surface area contributed by atoms with Gasteiger partial charge < -0.3 is 10.0 Å². The molecule has 0 amide bonds. The molecule has 2 rings (SSSR count). The van der Waals surface area contributed by atoms with E-state index in [1.54, 1.807) is 24.1 Å². The molecule has 104 valence electrons. The summed E-state index contributed by atoms with van der Waals surface area (Å²) in [7, 11) is 1.76.